The Balaban J connectivity index is 1.46. The standard InChI is InChI=1S/C19H28N4O3/c1-14(18(25)21-19(26)20-15-6-2-3-7-15)22-10-12-23(13-11-22)16-8-4-5-9-17(16)24/h4-5,8-9,14-15,24H,2-3,6-7,10-13H2,1H3,(H2,20,21,25,26)/t14-/m0/s1. The fourth-order valence-corrected chi connectivity index (χ4v) is 3.76. The summed E-state index contributed by atoms with van der Waals surface area (Å²) >= 11 is 0. The van der Waals surface area contributed by atoms with Crippen LogP contribution in [0.3, 0.4) is 0 Å². The summed E-state index contributed by atoms with van der Waals surface area (Å²) in [6.07, 6.45) is 4.25. The highest BCUT2D eigenvalue weighted by Crippen LogP contribution is 2.27. The van der Waals surface area contributed by atoms with Gasteiger partial charge in [0.05, 0.1) is 11.7 Å². The first-order valence-corrected chi connectivity index (χ1v) is 9.43. The number of hydrogen-bond donors (Lipinski definition) is 3. The Bertz CT molecular complexity index is 637. The van der Waals surface area contributed by atoms with E-state index in [1.807, 2.05) is 19.1 Å². The minimum absolute atomic E-state index is 0.195. The van der Waals surface area contributed by atoms with E-state index in [4.69, 9.17) is 0 Å². The first-order valence-electron chi connectivity index (χ1n) is 9.43. The first-order chi connectivity index (χ1) is 12.5. The summed E-state index contributed by atoms with van der Waals surface area (Å²) in [5.74, 6) is 0.00632. The first kappa shape index (κ1) is 18.5. The number of para-hydroxylation sites is 2. The van der Waals surface area contributed by atoms with E-state index < -0.39 is 0 Å². The lowest BCUT2D eigenvalue weighted by Crippen LogP contribution is -2.56. The highest BCUT2D eigenvalue weighted by molar-refractivity contribution is 5.96. The van der Waals surface area contributed by atoms with Crippen molar-refractivity contribution >= 4 is 17.6 Å². The van der Waals surface area contributed by atoms with Crippen LogP contribution in [0.5, 0.6) is 5.75 Å². The molecule has 3 rings (SSSR count). The SMILES string of the molecule is C[C@@H](C(=O)NC(=O)NC1CCCC1)N1CCN(c2ccccc2O)CC1. The maximum Gasteiger partial charge on any atom is 0.321 e. The van der Waals surface area contributed by atoms with Crippen LogP contribution >= 0.6 is 0 Å². The molecule has 0 unspecified atom stereocenters. The number of urea groups is 1. The number of benzene rings is 1. The average molecular weight is 360 g/mol. The maximum atomic E-state index is 12.4. The third-order valence-corrected chi connectivity index (χ3v) is 5.39. The molecule has 1 atom stereocenters. The number of rotatable bonds is 4. The summed E-state index contributed by atoms with van der Waals surface area (Å²) in [4.78, 5) is 28.5. The van der Waals surface area contributed by atoms with Crippen LogP contribution in [0.25, 0.3) is 0 Å². The van der Waals surface area contributed by atoms with Crippen LogP contribution in [-0.2, 0) is 4.79 Å². The van der Waals surface area contributed by atoms with Crippen molar-refractivity contribution in [3.05, 3.63) is 24.3 Å². The summed E-state index contributed by atoms with van der Waals surface area (Å²) in [5.41, 5.74) is 0.820. The molecule has 2 fully saturated rings. The molecular formula is C19H28N4O3. The highest BCUT2D eigenvalue weighted by atomic mass is 16.3. The largest absolute Gasteiger partial charge is 0.506 e. The van der Waals surface area contributed by atoms with E-state index in [9.17, 15) is 14.7 Å². The third-order valence-electron chi connectivity index (χ3n) is 5.39. The molecule has 1 aliphatic heterocycles. The summed E-state index contributed by atoms with van der Waals surface area (Å²) in [6, 6.07) is 6.73. The molecule has 1 aliphatic carbocycles. The molecule has 1 aromatic carbocycles. The van der Waals surface area contributed by atoms with Crippen molar-refractivity contribution in [1.29, 1.82) is 0 Å². The van der Waals surface area contributed by atoms with Gasteiger partial charge in [0.1, 0.15) is 5.75 Å². The molecule has 1 saturated carbocycles. The van der Waals surface area contributed by atoms with Crippen molar-refractivity contribution in [1.82, 2.24) is 15.5 Å². The molecule has 0 spiro atoms. The predicted molar refractivity (Wildman–Crippen MR) is 100 cm³/mol. The number of anilines is 1. The van der Waals surface area contributed by atoms with Gasteiger partial charge in [-0.25, -0.2) is 4.79 Å². The lowest BCUT2D eigenvalue weighted by Gasteiger charge is -2.38. The molecule has 2 aliphatic rings. The van der Waals surface area contributed by atoms with E-state index in [2.05, 4.69) is 20.4 Å². The third kappa shape index (κ3) is 4.46. The molecular weight excluding hydrogens is 332 g/mol. The highest BCUT2D eigenvalue weighted by Gasteiger charge is 2.28. The quantitative estimate of drug-likeness (QED) is 0.761. The van der Waals surface area contributed by atoms with Gasteiger partial charge in [0.25, 0.3) is 0 Å². The minimum Gasteiger partial charge on any atom is -0.506 e. The van der Waals surface area contributed by atoms with Gasteiger partial charge in [-0.15, -0.1) is 0 Å². The summed E-state index contributed by atoms with van der Waals surface area (Å²) in [6.45, 7) is 4.68. The second-order valence-electron chi connectivity index (χ2n) is 7.13. The van der Waals surface area contributed by atoms with E-state index in [-0.39, 0.29) is 29.8 Å². The number of piperazine rings is 1. The zero-order chi connectivity index (χ0) is 18.5. The van der Waals surface area contributed by atoms with Gasteiger partial charge in [-0.1, -0.05) is 25.0 Å². The number of imide groups is 1. The number of carbonyl (C=O) groups excluding carboxylic acids is 2. The van der Waals surface area contributed by atoms with Crippen molar-refractivity contribution in [2.24, 2.45) is 0 Å². The van der Waals surface area contributed by atoms with Gasteiger partial charge >= 0.3 is 6.03 Å². The Morgan fingerprint density at radius 3 is 2.42 bits per heavy atom. The zero-order valence-corrected chi connectivity index (χ0v) is 15.3. The van der Waals surface area contributed by atoms with Crippen LogP contribution in [0.4, 0.5) is 10.5 Å². The Kier molecular flexibility index (Phi) is 5.98. The number of aromatic hydroxyl groups is 1. The second-order valence-corrected chi connectivity index (χ2v) is 7.13. The Morgan fingerprint density at radius 1 is 1.12 bits per heavy atom. The van der Waals surface area contributed by atoms with Crippen LogP contribution in [0.2, 0.25) is 0 Å². The predicted octanol–water partition coefficient (Wildman–Crippen LogP) is 1.67. The topological polar surface area (TPSA) is 84.9 Å². The molecule has 26 heavy (non-hydrogen) atoms. The van der Waals surface area contributed by atoms with Crippen molar-refractivity contribution in [3.8, 4) is 5.75 Å². The molecule has 7 nitrogen and oxygen atoms in total. The van der Waals surface area contributed by atoms with Gasteiger partial charge in [0.2, 0.25) is 5.91 Å². The molecule has 7 heteroatoms. The van der Waals surface area contributed by atoms with E-state index in [1.54, 1.807) is 12.1 Å². The van der Waals surface area contributed by atoms with Crippen molar-refractivity contribution in [2.75, 3.05) is 31.1 Å². The molecule has 3 amide bonds. The number of nitrogens with zero attached hydrogens (tertiary/aromatic N) is 2. The summed E-state index contributed by atoms with van der Waals surface area (Å²) in [7, 11) is 0. The number of hydrogen-bond acceptors (Lipinski definition) is 5. The molecule has 0 aromatic heterocycles. The maximum absolute atomic E-state index is 12.4. The van der Waals surface area contributed by atoms with Crippen LogP contribution in [0, 0.1) is 0 Å². The number of nitrogens with one attached hydrogen (secondary N) is 2. The van der Waals surface area contributed by atoms with Crippen molar-refractivity contribution in [2.45, 2.75) is 44.7 Å². The normalized spacial score (nSPS) is 20.0. The van der Waals surface area contributed by atoms with Gasteiger partial charge in [-0.2, -0.15) is 0 Å². The lowest BCUT2D eigenvalue weighted by atomic mass is 10.2. The van der Waals surface area contributed by atoms with E-state index >= 15 is 0 Å². The smallest absolute Gasteiger partial charge is 0.321 e. The monoisotopic (exact) mass is 360 g/mol. The van der Waals surface area contributed by atoms with Gasteiger partial charge in [0, 0.05) is 32.2 Å². The number of phenolic OH excluding ortho intramolecular Hbond substituents is 1. The van der Waals surface area contributed by atoms with Crippen LogP contribution in [-0.4, -0.2) is 60.2 Å². The molecule has 0 radical (unpaired) electrons. The average Bonchev–Trinajstić information content (AvgIpc) is 3.14. The Morgan fingerprint density at radius 2 is 1.77 bits per heavy atom. The molecule has 0 bridgehead atoms. The number of phenols is 1. The van der Waals surface area contributed by atoms with Gasteiger partial charge in [-0.05, 0) is 31.9 Å². The minimum atomic E-state index is -0.387. The Labute approximate surface area is 154 Å². The zero-order valence-electron chi connectivity index (χ0n) is 15.3. The lowest BCUT2D eigenvalue weighted by molar-refractivity contribution is -0.124. The second kappa shape index (κ2) is 8.40. The van der Waals surface area contributed by atoms with Gasteiger partial charge in [0.15, 0.2) is 0 Å². The molecule has 1 saturated heterocycles. The van der Waals surface area contributed by atoms with E-state index in [0.29, 0.717) is 13.1 Å². The van der Waals surface area contributed by atoms with Crippen LogP contribution in [0.1, 0.15) is 32.6 Å². The van der Waals surface area contributed by atoms with Crippen molar-refractivity contribution in [3.63, 3.8) is 0 Å². The summed E-state index contributed by atoms with van der Waals surface area (Å²) in [5, 5.41) is 15.3. The van der Waals surface area contributed by atoms with Gasteiger partial charge < -0.3 is 15.3 Å². The molecule has 1 aromatic rings. The van der Waals surface area contributed by atoms with Crippen LogP contribution < -0.4 is 15.5 Å². The Hall–Kier alpha value is -2.28. The fraction of sp³-hybridized carbons (Fsp3) is 0.579. The molecule has 1 heterocycles. The van der Waals surface area contributed by atoms with Gasteiger partial charge in [-0.3, -0.25) is 15.0 Å². The van der Waals surface area contributed by atoms with Crippen LogP contribution in [0.15, 0.2) is 24.3 Å². The van der Waals surface area contributed by atoms with E-state index in [0.717, 1.165) is 44.5 Å². The number of amides is 3. The number of carbonyl (C=O) groups is 2. The molecule has 3 N–H and O–H groups in total. The fourth-order valence-electron chi connectivity index (χ4n) is 3.76. The van der Waals surface area contributed by atoms with Crippen molar-refractivity contribution < 1.29 is 14.7 Å². The van der Waals surface area contributed by atoms with E-state index in [1.165, 1.54) is 0 Å². The summed E-state index contributed by atoms with van der Waals surface area (Å²) < 4.78 is 0. The molecule has 142 valence electrons.